The van der Waals surface area contributed by atoms with Crippen LogP contribution in [0.15, 0.2) is 29.3 Å². The van der Waals surface area contributed by atoms with Gasteiger partial charge in [-0.25, -0.2) is 4.99 Å². The van der Waals surface area contributed by atoms with Gasteiger partial charge in [-0.15, -0.1) is 24.0 Å². The molecule has 1 saturated carbocycles. The highest BCUT2D eigenvalue weighted by Crippen LogP contribution is 2.28. The van der Waals surface area contributed by atoms with Crippen LogP contribution in [-0.2, 0) is 17.9 Å². The highest BCUT2D eigenvalue weighted by atomic mass is 127. The van der Waals surface area contributed by atoms with E-state index in [-0.39, 0.29) is 35.8 Å². The maximum atomic E-state index is 11.7. The van der Waals surface area contributed by atoms with E-state index in [1.165, 1.54) is 11.1 Å². The summed E-state index contributed by atoms with van der Waals surface area (Å²) in [7, 11) is 2.19. The number of amides is 1. The fourth-order valence-corrected chi connectivity index (χ4v) is 3.38. The zero-order chi connectivity index (χ0) is 20.5. The number of hydrogen-bond acceptors (Lipinski definition) is 4. The highest BCUT2D eigenvalue weighted by molar-refractivity contribution is 14.0. The molecule has 1 amide bonds. The molecule has 3 N–H and O–H groups in total. The molecule has 0 bridgehead atoms. The topological polar surface area (TPSA) is 72.0 Å². The number of rotatable bonds is 9. The Bertz CT molecular complexity index is 669. The number of likely N-dealkylation sites (N-methyl/N-ethyl adjacent to an activating group) is 1. The lowest BCUT2D eigenvalue weighted by Gasteiger charge is -2.32. The monoisotopic (exact) mass is 528 g/mol. The number of nitrogens with zero attached hydrogens (tertiary/aromatic N) is 3. The van der Waals surface area contributed by atoms with Gasteiger partial charge >= 0.3 is 0 Å². The predicted molar refractivity (Wildman–Crippen MR) is 133 cm³/mol. The van der Waals surface area contributed by atoms with Gasteiger partial charge < -0.3 is 20.9 Å². The van der Waals surface area contributed by atoms with E-state index in [1.54, 1.807) is 0 Å². The standard InChI is InChI=1S/C22H36N6O.HI/c1-3-23-22(25-11-10-24-21(29)20-8-9-20)26-16-18-4-6-19(7-5-18)17-28-14-12-27(2)13-15-28;/h4-7,20H,3,8-17H2,1-2H3,(H,24,29)(H2,23,25,26);1H. The van der Waals surface area contributed by atoms with Crippen LogP contribution in [0.1, 0.15) is 30.9 Å². The van der Waals surface area contributed by atoms with E-state index in [0.717, 1.165) is 58.1 Å². The molecule has 1 heterocycles. The molecule has 1 aliphatic heterocycles. The number of guanidine groups is 1. The van der Waals surface area contributed by atoms with Crippen LogP contribution in [0.25, 0.3) is 0 Å². The molecule has 168 valence electrons. The van der Waals surface area contributed by atoms with Crippen LogP contribution < -0.4 is 16.0 Å². The lowest BCUT2D eigenvalue weighted by Crippen LogP contribution is -2.43. The normalized spacial score (nSPS) is 17.9. The van der Waals surface area contributed by atoms with E-state index in [1.807, 2.05) is 0 Å². The zero-order valence-corrected chi connectivity index (χ0v) is 20.7. The Kier molecular flexibility index (Phi) is 10.9. The van der Waals surface area contributed by atoms with Crippen molar-refractivity contribution < 1.29 is 4.79 Å². The summed E-state index contributed by atoms with van der Waals surface area (Å²) in [5.41, 5.74) is 2.56. The molecular weight excluding hydrogens is 491 g/mol. The highest BCUT2D eigenvalue weighted by Gasteiger charge is 2.28. The zero-order valence-electron chi connectivity index (χ0n) is 18.3. The molecule has 0 radical (unpaired) electrons. The number of carbonyl (C=O) groups is 1. The van der Waals surface area contributed by atoms with Crippen molar-refractivity contribution in [3.8, 4) is 0 Å². The van der Waals surface area contributed by atoms with E-state index in [2.05, 4.69) is 69.0 Å². The summed E-state index contributed by atoms with van der Waals surface area (Å²) in [6, 6.07) is 8.79. The average molecular weight is 528 g/mol. The summed E-state index contributed by atoms with van der Waals surface area (Å²) in [6.45, 7) is 10.4. The Balaban J connectivity index is 0.00000320. The van der Waals surface area contributed by atoms with Gasteiger partial charge in [-0.2, -0.15) is 0 Å². The van der Waals surface area contributed by atoms with Crippen LogP contribution in [0.2, 0.25) is 0 Å². The summed E-state index contributed by atoms with van der Waals surface area (Å²) in [5.74, 6) is 1.23. The van der Waals surface area contributed by atoms with Gasteiger partial charge in [0.15, 0.2) is 5.96 Å². The van der Waals surface area contributed by atoms with E-state index >= 15 is 0 Å². The minimum atomic E-state index is 0. The fraction of sp³-hybridized carbons (Fsp3) is 0.636. The second kappa shape index (κ2) is 13.1. The molecule has 2 aliphatic rings. The third-order valence-corrected chi connectivity index (χ3v) is 5.45. The summed E-state index contributed by atoms with van der Waals surface area (Å²) >= 11 is 0. The van der Waals surface area contributed by atoms with Crippen molar-refractivity contribution in [1.82, 2.24) is 25.8 Å². The first kappa shape index (κ1) is 24.9. The molecule has 0 aromatic heterocycles. The van der Waals surface area contributed by atoms with Gasteiger partial charge in [0.25, 0.3) is 0 Å². The van der Waals surface area contributed by atoms with Crippen LogP contribution in [0, 0.1) is 5.92 Å². The first-order chi connectivity index (χ1) is 14.1. The number of carbonyl (C=O) groups excluding carboxylic acids is 1. The largest absolute Gasteiger partial charge is 0.357 e. The smallest absolute Gasteiger partial charge is 0.223 e. The second-order valence-electron chi connectivity index (χ2n) is 8.08. The average Bonchev–Trinajstić information content (AvgIpc) is 3.57. The summed E-state index contributed by atoms with van der Waals surface area (Å²) in [6.07, 6.45) is 2.08. The van der Waals surface area contributed by atoms with Crippen molar-refractivity contribution in [2.75, 3.05) is 52.9 Å². The summed E-state index contributed by atoms with van der Waals surface area (Å²) in [4.78, 5) is 21.2. The van der Waals surface area contributed by atoms with Gasteiger partial charge in [-0.3, -0.25) is 9.69 Å². The number of aliphatic imine (C=N–C) groups is 1. The second-order valence-corrected chi connectivity index (χ2v) is 8.08. The van der Waals surface area contributed by atoms with E-state index in [0.29, 0.717) is 19.6 Å². The van der Waals surface area contributed by atoms with Gasteiger partial charge in [-0.05, 0) is 37.9 Å². The number of piperazine rings is 1. The van der Waals surface area contributed by atoms with E-state index in [4.69, 9.17) is 0 Å². The Labute approximate surface area is 198 Å². The third kappa shape index (κ3) is 8.77. The molecule has 7 nitrogen and oxygen atoms in total. The Morgan fingerprint density at radius 3 is 2.27 bits per heavy atom. The van der Waals surface area contributed by atoms with Gasteiger partial charge in [0.05, 0.1) is 6.54 Å². The van der Waals surface area contributed by atoms with E-state index in [9.17, 15) is 4.79 Å². The maximum absolute atomic E-state index is 11.7. The van der Waals surface area contributed by atoms with Crippen molar-refractivity contribution in [1.29, 1.82) is 0 Å². The minimum absolute atomic E-state index is 0. The molecule has 1 aromatic carbocycles. The fourth-order valence-electron chi connectivity index (χ4n) is 3.38. The van der Waals surface area contributed by atoms with Crippen molar-refractivity contribution in [2.24, 2.45) is 10.9 Å². The van der Waals surface area contributed by atoms with Crippen LogP contribution in [0.3, 0.4) is 0 Å². The first-order valence-electron chi connectivity index (χ1n) is 10.9. The maximum Gasteiger partial charge on any atom is 0.223 e. The van der Waals surface area contributed by atoms with Gasteiger partial charge in [0, 0.05) is 58.3 Å². The molecule has 2 fully saturated rings. The lowest BCUT2D eigenvalue weighted by atomic mass is 10.1. The SMILES string of the molecule is CCNC(=NCc1ccc(CN2CCN(C)CC2)cc1)NCCNC(=O)C1CC1.I. The minimum Gasteiger partial charge on any atom is -0.357 e. The molecule has 30 heavy (non-hydrogen) atoms. The molecule has 0 atom stereocenters. The Morgan fingerprint density at radius 1 is 1.00 bits per heavy atom. The molecule has 1 aliphatic carbocycles. The molecule has 0 unspecified atom stereocenters. The lowest BCUT2D eigenvalue weighted by molar-refractivity contribution is -0.122. The Morgan fingerprint density at radius 2 is 1.63 bits per heavy atom. The quantitative estimate of drug-likeness (QED) is 0.197. The predicted octanol–water partition coefficient (Wildman–Crippen LogP) is 1.63. The summed E-state index contributed by atoms with van der Waals surface area (Å²) < 4.78 is 0. The van der Waals surface area contributed by atoms with Crippen molar-refractivity contribution in [3.05, 3.63) is 35.4 Å². The van der Waals surface area contributed by atoms with E-state index < -0.39 is 0 Å². The van der Waals surface area contributed by atoms with Crippen molar-refractivity contribution >= 4 is 35.8 Å². The molecular formula is C22H37IN6O. The Hall–Kier alpha value is -1.39. The number of nitrogens with one attached hydrogen (secondary N) is 3. The van der Waals surface area contributed by atoms with Crippen LogP contribution in [-0.4, -0.2) is 74.5 Å². The summed E-state index contributed by atoms with van der Waals surface area (Å²) in [5, 5.41) is 9.52. The number of hydrogen-bond donors (Lipinski definition) is 3. The molecule has 3 rings (SSSR count). The van der Waals surface area contributed by atoms with Gasteiger partial charge in [-0.1, -0.05) is 24.3 Å². The number of halogens is 1. The molecule has 1 saturated heterocycles. The molecule has 1 aromatic rings. The van der Waals surface area contributed by atoms with Crippen LogP contribution >= 0.6 is 24.0 Å². The van der Waals surface area contributed by atoms with Crippen LogP contribution in [0.4, 0.5) is 0 Å². The third-order valence-electron chi connectivity index (χ3n) is 5.45. The van der Waals surface area contributed by atoms with Crippen molar-refractivity contribution in [3.63, 3.8) is 0 Å². The first-order valence-corrected chi connectivity index (χ1v) is 10.9. The number of benzene rings is 1. The van der Waals surface area contributed by atoms with Gasteiger partial charge in [0.1, 0.15) is 0 Å². The van der Waals surface area contributed by atoms with Crippen LogP contribution in [0.5, 0.6) is 0 Å². The molecule has 8 heteroatoms. The molecule has 0 spiro atoms. The van der Waals surface area contributed by atoms with Gasteiger partial charge in [0.2, 0.25) is 5.91 Å². The van der Waals surface area contributed by atoms with Crippen molar-refractivity contribution in [2.45, 2.75) is 32.9 Å².